The van der Waals surface area contributed by atoms with Gasteiger partial charge in [0.15, 0.2) is 0 Å². The highest BCUT2D eigenvalue weighted by molar-refractivity contribution is 8.78. The van der Waals surface area contributed by atoms with Crippen LogP contribution in [0, 0.1) is 6.92 Å². The third-order valence-electron chi connectivity index (χ3n) is 1.36. The summed E-state index contributed by atoms with van der Waals surface area (Å²) in [5, 5.41) is 0. The number of hydrogen-bond acceptors (Lipinski definition) is 6. The first-order valence-corrected chi connectivity index (χ1v) is 6.78. The van der Waals surface area contributed by atoms with Gasteiger partial charge in [0.05, 0.1) is 11.9 Å². The molecule has 0 amide bonds. The molecule has 0 unspecified atom stereocenters. The van der Waals surface area contributed by atoms with Gasteiger partial charge in [0.1, 0.15) is 0 Å². The van der Waals surface area contributed by atoms with Crippen LogP contribution in [-0.4, -0.2) is 4.98 Å². The van der Waals surface area contributed by atoms with Crippen molar-refractivity contribution in [2.45, 2.75) is 6.92 Å². The summed E-state index contributed by atoms with van der Waals surface area (Å²) in [5.74, 6) is 0. The fraction of sp³-hybridized carbons (Fsp3) is 0.167. The zero-order valence-corrected chi connectivity index (χ0v) is 9.76. The van der Waals surface area contributed by atoms with Crippen molar-refractivity contribution in [3.63, 3.8) is 0 Å². The fourth-order valence-electron chi connectivity index (χ4n) is 0.750. The van der Waals surface area contributed by atoms with E-state index < -0.39 is 0 Å². The van der Waals surface area contributed by atoms with Crippen LogP contribution in [0.3, 0.4) is 0 Å². The van der Waals surface area contributed by atoms with Crippen LogP contribution >= 0.6 is 45.3 Å². The van der Waals surface area contributed by atoms with E-state index in [4.69, 9.17) is 0 Å². The zero-order chi connectivity index (χ0) is 8.97. The quantitative estimate of drug-likeness (QED) is 0.476. The Balaban J connectivity index is 2.92. The van der Waals surface area contributed by atoms with E-state index in [1.54, 1.807) is 12.4 Å². The highest BCUT2D eigenvalue weighted by atomic mass is 33.1. The molecule has 0 atom stereocenters. The van der Waals surface area contributed by atoms with Crippen LogP contribution in [0.25, 0.3) is 0 Å². The second-order valence-corrected chi connectivity index (χ2v) is 4.35. The lowest BCUT2D eigenvalue weighted by atomic mass is 10.3. The van der Waals surface area contributed by atoms with Gasteiger partial charge < -0.3 is 0 Å². The molecule has 0 spiro atoms. The number of thiol groups is 2. The summed E-state index contributed by atoms with van der Waals surface area (Å²) >= 11 is 8.20. The highest BCUT2D eigenvalue weighted by Crippen LogP contribution is 2.35. The molecule has 0 saturated carbocycles. The first kappa shape index (κ1) is 10.4. The van der Waals surface area contributed by atoms with Gasteiger partial charge in [-0.2, -0.15) is 0 Å². The lowest BCUT2D eigenvalue weighted by Gasteiger charge is -2.16. The molecule has 0 bridgehead atoms. The third-order valence-corrected chi connectivity index (χ3v) is 4.14. The maximum atomic E-state index is 4.10. The van der Waals surface area contributed by atoms with Gasteiger partial charge in [-0.05, 0) is 18.6 Å². The van der Waals surface area contributed by atoms with Crippen LogP contribution in [0.5, 0.6) is 0 Å². The molecule has 1 aromatic rings. The van der Waals surface area contributed by atoms with E-state index in [1.807, 2.05) is 16.7 Å². The van der Waals surface area contributed by atoms with E-state index in [0.717, 1.165) is 11.3 Å². The Kier molecular flexibility index (Phi) is 4.49. The highest BCUT2D eigenvalue weighted by Gasteiger charge is 2.07. The summed E-state index contributed by atoms with van der Waals surface area (Å²) in [4.78, 5) is 4.03. The van der Waals surface area contributed by atoms with Crippen molar-refractivity contribution in [1.29, 1.82) is 0 Å². The maximum Gasteiger partial charge on any atom is 0.0823 e. The van der Waals surface area contributed by atoms with Gasteiger partial charge in [-0.1, -0.05) is 23.3 Å². The Morgan fingerprint density at radius 2 is 2.08 bits per heavy atom. The summed E-state index contributed by atoms with van der Waals surface area (Å²) in [6.07, 6.45) is 3.56. The fourth-order valence-corrected chi connectivity index (χ4v) is 3.03. The Morgan fingerprint density at radius 1 is 1.42 bits per heavy atom. The Labute approximate surface area is 90.4 Å². The van der Waals surface area contributed by atoms with Crippen LogP contribution in [0.2, 0.25) is 0 Å². The SMILES string of the molecule is Cc1ccncc1N(SS)SS. The minimum Gasteiger partial charge on any atom is -0.262 e. The molecule has 0 aliphatic carbocycles. The van der Waals surface area contributed by atoms with Crippen LogP contribution in [0.15, 0.2) is 18.5 Å². The van der Waals surface area contributed by atoms with E-state index in [-0.39, 0.29) is 0 Å². The van der Waals surface area contributed by atoms with Gasteiger partial charge in [0, 0.05) is 28.2 Å². The number of pyridine rings is 1. The summed E-state index contributed by atoms with van der Waals surface area (Å²) in [6, 6.07) is 1.95. The normalized spacial score (nSPS) is 9.92. The van der Waals surface area contributed by atoms with Crippen LogP contribution in [0.1, 0.15) is 5.56 Å². The molecule has 1 aromatic heterocycles. The molecule has 0 aromatic carbocycles. The predicted octanol–water partition coefficient (Wildman–Crippen LogP) is 3.18. The van der Waals surface area contributed by atoms with Gasteiger partial charge in [-0.15, -0.1) is 0 Å². The number of aryl methyl sites for hydroxylation is 1. The minimum atomic E-state index is 1.03. The first-order chi connectivity index (χ1) is 5.79. The molecule has 0 aliphatic rings. The van der Waals surface area contributed by atoms with E-state index in [9.17, 15) is 0 Å². The molecule has 2 nitrogen and oxygen atoms in total. The molecule has 0 aliphatic heterocycles. The topological polar surface area (TPSA) is 16.1 Å². The average molecular weight is 236 g/mol. The molecule has 0 saturated heterocycles. The maximum absolute atomic E-state index is 4.10. The molecule has 1 heterocycles. The standard InChI is InChI=1S/C6H8N2S4/c1-5-2-3-7-4-6(5)8(11-9)12-10/h2-4,9-10H,1H3. The monoisotopic (exact) mass is 236 g/mol. The smallest absolute Gasteiger partial charge is 0.0823 e. The van der Waals surface area contributed by atoms with E-state index in [1.165, 1.54) is 22.0 Å². The van der Waals surface area contributed by atoms with Crippen molar-refractivity contribution in [1.82, 2.24) is 4.98 Å². The second kappa shape index (κ2) is 5.16. The summed E-state index contributed by atoms with van der Waals surface area (Å²) in [7, 11) is 2.62. The summed E-state index contributed by atoms with van der Waals surface area (Å²) < 4.78 is 1.87. The molecule has 0 fully saturated rings. The molecular formula is C6H8N2S4. The van der Waals surface area contributed by atoms with Crippen LogP contribution < -0.4 is 3.71 Å². The number of rotatable bonds is 3. The van der Waals surface area contributed by atoms with Gasteiger partial charge in [-0.25, -0.2) is 3.71 Å². The largest absolute Gasteiger partial charge is 0.262 e. The zero-order valence-electron chi connectivity index (χ0n) is 6.34. The number of anilines is 1. The molecule has 6 heteroatoms. The van der Waals surface area contributed by atoms with Crippen molar-refractivity contribution < 1.29 is 0 Å². The number of hydrogen-bond donors (Lipinski definition) is 2. The summed E-state index contributed by atoms with van der Waals surface area (Å²) in [5.41, 5.74) is 2.19. The first-order valence-electron chi connectivity index (χ1n) is 3.13. The van der Waals surface area contributed by atoms with Gasteiger partial charge in [0.2, 0.25) is 0 Å². The Bertz CT molecular complexity index is 251. The van der Waals surface area contributed by atoms with E-state index in [0.29, 0.717) is 0 Å². The van der Waals surface area contributed by atoms with E-state index >= 15 is 0 Å². The number of aromatic nitrogens is 1. The van der Waals surface area contributed by atoms with Gasteiger partial charge in [-0.3, -0.25) is 4.98 Å². The average Bonchev–Trinajstić information content (AvgIpc) is 2.10. The molecule has 0 radical (unpaired) electrons. The molecule has 1 rings (SSSR count). The summed E-state index contributed by atoms with van der Waals surface area (Å²) in [6.45, 7) is 2.03. The predicted molar refractivity (Wildman–Crippen MR) is 64.6 cm³/mol. The molecular weight excluding hydrogens is 228 g/mol. The molecule has 66 valence electrons. The third kappa shape index (κ3) is 2.42. The van der Waals surface area contributed by atoms with Crippen LogP contribution in [-0.2, 0) is 0 Å². The van der Waals surface area contributed by atoms with Crippen LogP contribution in [0.4, 0.5) is 5.69 Å². The van der Waals surface area contributed by atoms with Gasteiger partial charge >= 0.3 is 0 Å². The Morgan fingerprint density at radius 3 is 2.58 bits per heavy atom. The number of nitrogens with zero attached hydrogens (tertiary/aromatic N) is 2. The second-order valence-electron chi connectivity index (χ2n) is 2.08. The Hall–Kier alpha value is 0.350. The van der Waals surface area contributed by atoms with Crippen molar-refractivity contribution in [2.24, 2.45) is 0 Å². The lowest BCUT2D eigenvalue weighted by Crippen LogP contribution is -2.00. The van der Waals surface area contributed by atoms with Crippen molar-refractivity contribution in [3.8, 4) is 0 Å². The van der Waals surface area contributed by atoms with E-state index in [2.05, 4.69) is 28.3 Å². The minimum absolute atomic E-state index is 1.03. The van der Waals surface area contributed by atoms with Crippen molar-refractivity contribution in [2.75, 3.05) is 3.71 Å². The molecule has 0 N–H and O–H groups in total. The van der Waals surface area contributed by atoms with Crippen molar-refractivity contribution >= 4 is 51.0 Å². The van der Waals surface area contributed by atoms with Crippen molar-refractivity contribution in [3.05, 3.63) is 24.0 Å². The lowest BCUT2D eigenvalue weighted by molar-refractivity contribution is 1.28. The molecule has 12 heavy (non-hydrogen) atoms. The van der Waals surface area contributed by atoms with Gasteiger partial charge in [0.25, 0.3) is 0 Å².